The van der Waals surface area contributed by atoms with Gasteiger partial charge in [0.2, 0.25) is 5.91 Å². The molecule has 4 nitrogen and oxygen atoms in total. The van der Waals surface area contributed by atoms with Crippen molar-refractivity contribution in [2.45, 2.75) is 51.1 Å². The molecule has 2 saturated heterocycles. The Bertz CT molecular complexity index is 794. The average Bonchev–Trinajstić information content (AvgIpc) is 3.06. The number of pyridine rings is 1. The number of rotatable bonds is 5. The van der Waals surface area contributed by atoms with E-state index in [1.807, 2.05) is 17.0 Å². The van der Waals surface area contributed by atoms with Gasteiger partial charge >= 0.3 is 0 Å². The summed E-state index contributed by atoms with van der Waals surface area (Å²) in [5.41, 5.74) is 1.88. The van der Waals surface area contributed by atoms with Gasteiger partial charge in [-0.15, -0.1) is 0 Å². The maximum absolute atomic E-state index is 13.3. The average molecular weight is 355 g/mol. The molecule has 1 aromatic carbocycles. The molecule has 0 bridgehead atoms. The van der Waals surface area contributed by atoms with Crippen molar-refractivity contribution in [1.29, 1.82) is 0 Å². The summed E-state index contributed by atoms with van der Waals surface area (Å²) < 4.78 is 13.3. The Morgan fingerprint density at radius 1 is 1.12 bits per heavy atom. The first-order valence-electron chi connectivity index (χ1n) is 9.76. The van der Waals surface area contributed by atoms with Crippen LogP contribution < -0.4 is 0 Å². The van der Waals surface area contributed by atoms with Crippen LogP contribution in [0.1, 0.15) is 44.2 Å². The molecule has 4 rings (SSSR count). The van der Waals surface area contributed by atoms with Crippen molar-refractivity contribution in [2.75, 3.05) is 19.6 Å². The highest BCUT2D eigenvalue weighted by atomic mass is 19.1. The summed E-state index contributed by atoms with van der Waals surface area (Å²) in [5, 5.41) is 0.844. The number of fused-ring (bicyclic) bond motifs is 1. The Morgan fingerprint density at radius 3 is 2.88 bits per heavy atom. The standard InChI is InChI=1S/C21H26FN3O/c22-17-7-9-20-16(14-17)6-8-18(23-20)15-25-11-2-1-4-19(25)10-13-24-12-3-5-21(24)26/h6-9,14,19H,1-5,10-13,15H2/t19-/m0/s1. The maximum Gasteiger partial charge on any atom is 0.222 e. The molecule has 0 aliphatic carbocycles. The van der Waals surface area contributed by atoms with Gasteiger partial charge in [0.15, 0.2) is 0 Å². The van der Waals surface area contributed by atoms with E-state index in [2.05, 4.69) is 4.90 Å². The largest absolute Gasteiger partial charge is 0.343 e. The molecule has 0 spiro atoms. The number of hydrogen-bond acceptors (Lipinski definition) is 3. The number of piperidine rings is 1. The second kappa shape index (κ2) is 7.70. The van der Waals surface area contributed by atoms with Crippen molar-refractivity contribution < 1.29 is 9.18 Å². The molecule has 2 aromatic rings. The Balaban J connectivity index is 1.42. The minimum Gasteiger partial charge on any atom is -0.343 e. The summed E-state index contributed by atoms with van der Waals surface area (Å²) in [7, 11) is 0. The Labute approximate surface area is 154 Å². The van der Waals surface area contributed by atoms with Crippen LogP contribution in [-0.2, 0) is 11.3 Å². The summed E-state index contributed by atoms with van der Waals surface area (Å²) in [6.07, 6.45) is 6.45. The maximum atomic E-state index is 13.3. The first kappa shape index (κ1) is 17.4. The first-order valence-corrected chi connectivity index (χ1v) is 9.76. The van der Waals surface area contributed by atoms with Gasteiger partial charge in [-0.2, -0.15) is 0 Å². The molecule has 0 radical (unpaired) electrons. The van der Waals surface area contributed by atoms with Gasteiger partial charge < -0.3 is 4.90 Å². The van der Waals surface area contributed by atoms with Gasteiger partial charge in [0.25, 0.3) is 0 Å². The quantitative estimate of drug-likeness (QED) is 0.820. The van der Waals surface area contributed by atoms with Crippen LogP contribution in [0.2, 0.25) is 0 Å². The second-order valence-corrected chi connectivity index (χ2v) is 7.53. The molecule has 26 heavy (non-hydrogen) atoms. The smallest absolute Gasteiger partial charge is 0.222 e. The molecule has 0 N–H and O–H groups in total. The minimum atomic E-state index is -0.223. The molecule has 1 amide bonds. The van der Waals surface area contributed by atoms with Crippen LogP contribution in [-0.4, -0.2) is 46.4 Å². The highest BCUT2D eigenvalue weighted by Crippen LogP contribution is 2.24. The molecule has 5 heteroatoms. The van der Waals surface area contributed by atoms with Gasteiger partial charge in [-0.1, -0.05) is 12.5 Å². The summed E-state index contributed by atoms with van der Waals surface area (Å²) in [4.78, 5) is 21.1. The van der Waals surface area contributed by atoms with Crippen LogP contribution in [0, 0.1) is 5.82 Å². The molecule has 3 heterocycles. The molecule has 2 fully saturated rings. The molecule has 0 saturated carbocycles. The number of benzene rings is 1. The zero-order valence-electron chi connectivity index (χ0n) is 15.2. The summed E-state index contributed by atoms with van der Waals surface area (Å²) >= 11 is 0. The van der Waals surface area contributed by atoms with E-state index < -0.39 is 0 Å². The lowest BCUT2D eigenvalue weighted by Crippen LogP contribution is -2.41. The topological polar surface area (TPSA) is 36.4 Å². The SMILES string of the molecule is O=C1CCCN1CC[C@@H]1CCCCN1Cc1ccc2cc(F)ccc2n1. The first-order chi connectivity index (χ1) is 12.7. The van der Waals surface area contributed by atoms with E-state index in [1.54, 1.807) is 6.07 Å². The minimum absolute atomic E-state index is 0.223. The predicted octanol–water partition coefficient (Wildman–Crippen LogP) is 3.74. The monoisotopic (exact) mass is 355 g/mol. The number of aromatic nitrogens is 1. The van der Waals surface area contributed by atoms with Crippen LogP contribution in [0.5, 0.6) is 0 Å². The number of nitrogens with zero attached hydrogens (tertiary/aromatic N) is 3. The highest BCUT2D eigenvalue weighted by molar-refractivity contribution is 5.78. The van der Waals surface area contributed by atoms with Gasteiger partial charge in [0.1, 0.15) is 5.82 Å². The summed E-state index contributed by atoms with van der Waals surface area (Å²) in [5.74, 6) is 0.0930. The van der Waals surface area contributed by atoms with E-state index in [0.717, 1.165) is 62.0 Å². The number of amides is 1. The number of carbonyl (C=O) groups excluding carboxylic acids is 1. The van der Waals surface area contributed by atoms with Crippen LogP contribution >= 0.6 is 0 Å². The van der Waals surface area contributed by atoms with Crippen LogP contribution in [0.15, 0.2) is 30.3 Å². The van der Waals surface area contributed by atoms with Crippen molar-refractivity contribution in [3.05, 3.63) is 41.8 Å². The molecular weight excluding hydrogens is 329 g/mol. The van der Waals surface area contributed by atoms with Gasteiger partial charge in [-0.05, 0) is 56.5 Å². The van der Waals surface area contributed by atoms with Gasteiger partial charge in [0, 0.05) is 37.5 Å². The highest BCUT2D eigenvalue weighted by Gasteiger charge is 2.26. The van der Waals surface area contributed by atoms with E-state index >= 15 is 0 Å². The van der Waals surface area contributed by atoms with Crippen molar-refractivity contribution in [3.63, 3.8) is 0 Å². The lowest BCUT2D eigenvalue weighted by molar-refractivity contribution is -0.127. The fourth-order valence-corrected chi connectivity index (χ4v) is 4.28. The third-order valence-electron chi connectivity index (χ3n) is 5.73. The van der Waals surface area contributed by atoms with Crippen molar-refractivity contribution in [3.8, 4) is 0 Å². The third kappa shape index (κ3) is 3.88. The lowest BCUT2D eigenvalue weighted by Gasteiger charge is -2.36. The number of carbonyl (C=O) groups is 1. The Hall–Kier alpha value is -2.01. The predicted molar refractivity (Wildman–Crippen MR) is 100 cm³/mol. The number of hydrogen-bond donors (Lipinski definition) is 0. The van der Waals surface area contributed by atoms with Crippen LogP contribution in [0.4, 0.5) is 4.39 Å². The fraction of sp³-hybridized carbons (Fsp3) is 0.524. The van der Waals surface area contributed by atoms with E-state index in [9.17, 15) is 9.18 Å². The van der Waals surface area contributed by atoms with Crippen LogP contribution in [0.25, 0.3) is 10.9 Å². The second-order valence-electron chi connectivity index (χ2n) is 7.53. The Morgan fingerprint density at radius 2 is 2.04 bits per heavy atom. The normalized spacial score (nSPS) is 21.7. The van der Waals surface area contributed by atoms with E-state index in [-0.39, 0.29) is 5.82 Å². The molecule has 2 aliphatic heterocycles. The van der Waals surface area contributed by atoms with Crippen molar-refractivity contribution >= 4 is 16.8 Å². The summed E-state index contributed by atoms with van der Waals surface area (Å²) in [6, 6.07) is 9.24. The molecule has 138 valence electrons. The van der Waals surface area contributed by atoms with Gasteiger partial charge in [-0.3, -0.25) is 14.7 Å². The summed E-state index contributed by atoms with van der Waals surface area (Å²) in [6.45, 7) is 3.71. The number of halogens is 1. The Kier molecular flexibility index (Phi) is 5.16. The van der Waals surface area contributed by atoms with Gasteiger partial charge in [-0.25, -0.2) is 4.39 Å². The van der Waals surface area contributed by atoms with E-state index in [4.69, 9.17) is 4.98 Å². The fourth-order valence-electron chi connectivity index (χ4n) is 4.28. The lowest BCUT2D eigenvalue weighted by atomic mass is 9.98. The zero-order chi connectivity index (χ0) is 17.9. The van der Waals surface area contributed by atoms with E-state index in [0.29, 0.717) is 11.9 Å². The zero-order valence-corrected chi connectivity index (χ0v) is 15.2. The molecular formula is C21H26FN3O. The number of likely N-dealkylation sites (tertiary alicyclic amines) is 2. The van der Waals surface area contributed by atoms with E-state index in [1.165, 1.54) is 31.4 Å². The molecule has 1 atom stereocenters. The van der Waals surface area contributed by atoms with Gasteiger partial charge in [0.05, 0.1) is 11.2 Å². The van der Waals surface area contributed by atoms with Crippen LogP contribution in [0.3, 0.4) is 0 Å². The molecule has 0 unspecified atom stereocenters. The third-order valence-corrected chi connectivity index (χ3v) is 5.73. The molecule has 2 aliphatic rings. The van der Waals surface area contributed by atoms with Crippen molar-refractivity contribution in [1.82, 2.24) is 14.8 Å². The van der Waals surface area contributed by atoms with Crippen molar-refractivity contribution in [2.24, 2.45) is 0 Å². The molecule has 1 aromatic heterocycles.